The van der Waals surface area contributed by atoms with Gasteiger partial charge in [0.25, 0.3) is 0 Å². The predicted octanol–water partition coefficient (Wildman–Crippen LogP) is 2.09. The van der Waals surface area contributed by atoms with Crippen LogP contribution in [0, 0.1) is 6.92 Å². The lowest BCUT2D eigenvalue weighted by atomic mass is 10.1. The molecule has 4 N–H and O–H groups in total. The van der Waals surface area contributed by atoms with Crippen LogP contribution in [-0.4, -0.2) is 39.7 Å². The highest BCUT2D eigenvalue weighted by molar-refractivity contribution is 7.89. The van der Waals surface area contributed by atoms with Gasteiger partial charge < -0.3 is 20.1 Å². The lowest BCUT2D eigenvalue weighted by Crippen LogP contribution is -2.20. The van der Waals surface area contributed by atoms with Crippen molar-refractivity contribution in [2.24, 2.45) is 5.14 Å². The minimum Gasteiger partial charge on any atom is -0.465 e. The summed E-state index contributed by atoms with van der Waals surface area (Å²) >= 11 is 6.22. The third-order valence-electron chi connectivity index (χ3n) is 3.57. The zero-order valence-electron chi connectivity index (χ0n) is 15.1. The second-order valence-corrected chi connectivity index (χ2v) is 8.38. The molecule has 0 saturated carbocycles. The molecule has 1 heterocycles. The van der Waals surface area contributed by atoms with Crippen molar-refractivity contribution in [3.05, 3.63) is 40.3 Å². The van der Waals surface area contributed by atoms with E-state index in [0.29, 0.717) is 16.3 Å². The Balaban J connectivity index is 2.25. The fourth-order valence-corrected chi connectivity index (χ4v) is 4.15. The van der Waals surface area contributed by atoms with Crippen molar-refractivity contribution >= 4 is 61.3 Å². The second kappa shape index (κ2) is 8.65. The number of anilines is 2. The van der Waals surface area contributed by atoms with Crippen LogP contribution in [0.3, 0.4) is 0 Å². The largest absolute Gasteiger partial charge is 0.465 e. The molecule has 0 unspecified atom stereocenters. The Morgan fingerprint density at radius 1 is 1.07 bits per heavy atom. The van der Waals surface area contributed by atoms with E-state index < -0.39 is 22.0 Å². The number of hydrogen-bond donors (Lipinski definition) is 3. The summed E-state index contributed by atoms with van der Waals surface area (Å²) in [6.07, 6.45) is 0. The quantitative estimate of drug-likeness (QED) is 0.468. The van der Waals surface area contributed by atoms with Gasteiger partial charge in [-0.05, 0) is 49.0 Å². The van der Waals surface area contributed by atoms with E-state index in [0.717, 1.165) is 11.3 Å². The highest BCUT2D eigenvalue weighted by atomic mass is 32.2. The molecule has 0 aliphatic heterocycles. The Morgan fingerprint density at radius 3 is 2.14 bits per heavy atom. The topological polar surface area (TPSA) is 137 Å². The number of ether oxygens (including phenoxy) is 2. The highest BCUT2D eigenvalue weighted by Crippen LogP contribution is 2.34. The molecular formula is C16H17N3O6S3. The Bertz CT molecular complexity index is 1030. The maximum atomic E-state index is 12.1. The number of nitrogens with two attached hydrogens (primary N) is 1. The molecule has 0 aliphatic rings. The van der Waals surface area contributed by atoms with Gasteiger partial charge in [-0.3, -0.25) is 0 Å². The number of thiophene rings is 1. The zero-order valence-corrected chi connectivity index (χ0v) is 17.5. The summed E-state index contributed by atoms with van der Waals surface area (Å²) in [6, 6.07) is 5.61. The summed E-state index contributed by atoms with van der Waals surface area (Å²) in [5.41, 5.74) is 1.07. The van der Waals surface area contributed by atoms with E-state index in [1.165, 1.54) is 38.5 Å². The number of hydrogen-bond acceptors (Lipinski definition) is 8. The van der Waals surface area contributed by atoms with Gasteiger partial charge in [0, 0.05) is 5.69 Å². The molecule has 2 aromatic rings. The van der Waals surface area contributed by atoms with Crippen LogP contribution < -0.4 is 15.8 Å². The number of thiocarbonyl (C=S) groups is 1. The van der Waals surface area contributed by atoms with Gasteiger partial charge in [-0.25, -0.2) is 23.1 Å². The second-order valence-electron chi connectivity index (χ2n) is 5.39. The molecule has 0 atom stereocenters. The molecule has 0 amide bonds. The van der Waals surface area contributed by atoms with Gasteiger partial charge in [-0.15, -0.1) is 11.3 Å². The number of primary sulfonamides is 1. The number of rotatable bonds is 5. The zero-order chi connectivity index (χ0) is 21.1. The predicted molar refractivity (Wildman–Crippen MR) is 109 cm³/mol. The first-order valence-corrected chi connectivity index (χ1v) is 10.4. The number of sulfonamides is 1. The molecule has 150 valence electrons. The fourth-order valence-electron chi connectivity index (χ4n) is 2.23. The van der Waals surface area contributed by atoms with Crippen LogP contribution in [-0.2, 0) is 19.5 Å². The normalized spacial score (nSPS) is 10.9. The van der Waals surface area contributed by atoms with Crippen LogP contribution in [0.1, 0.15) is 25.6 Å². The number of esters is 2. The monoisotopic (exact) mass is 443 g/mol. The molecule has 0 fully saturated rings. The fraction of sp³-hybridized carbons (Fsp3) is 0.188. The van der Waals surface area contributed by atoms with Gasteiger partial charge in [0.1, 0.15) is 9.88 Å². The minimum atomic E-state index is -3.80. The number of carbonyl (C=O) groups is 2. The summed E-state index contributed by atoms with van der Waals surface area (Å²) < 4.78 is 32.1. The van der Waals surface area contributed by atoms with E-state index in [1.807, 2.05) is 0 Å². The summed E-state index contributed by atoms with van der Waals surface area (Å²) in [6.45, 7) is 1.60. The number of nitrogens with one attached hydrogen (secondary N) is 2. The Labute approximate surface area is 170 Å². The number of carbonyl (C=O) groups excluding carboxylic acids is 2. The Morgan fingerprint density at radius 2 is 1.64 bits per heavy atom. The molecular weight excluding hydrogens is 426 g/mol. The van der Waals surface area contributed by atoms with Gasteiger partial charge >= 0.3 is 11.9 Å². The van der Waals surface area contributed by atoms with E-state index in [1.54, 1.807) is 6.92 Å². The van der Waals surface area contributed by atoms with Gasteiger partial charge in [0.05, 0.1) is 24.7 Å². The van der Waals surface area contributed by atoms with E-state index in [-0.39, 0.29) is 20.4 Å². The summed E-state index contributed by atoms with van der Waals surface area (Å²) in [4.78, 5) is 24.2. The van der Waals surface area contributed by atoms with Crippen molar-refractivity contribution in [1.29, 1.82) is 0 Å². The SMILES string of the molecule is COC(=O)c1sc(NC(=S)Nc2ccc(S(N)(=O)=O)cc2)c(C(=O)OC)c1C. The Hall–Kier alpha value is -2.54. The van der Waals surface area contributed by atoms with Crippen LogP contribution in [0.15, 0.2) is 29.2 Å². The molecule has 28 heavy (non-hydrogen) atoms. The van der Waals surface area contributed by atoms with Gasteiger partial charge in [0.15, 0.2) is 5.11 Å². The van der Waals surface area contributed by atoms with Crippen molar-refractivity contribution < 1.29 is 27.5 Å². The van der Waals surface area contributed by atoms with Crippen LogP contribution in [0.4, 0.5) is 10.7 Å². The maximum Gasteiger partial charge on any atom is 0.348 e. The van der Waals surface area contributed by atoms with Crippen molar-refractivity contribution in [3.63, 3.8) is 0 Å². The smallest absolute Gasteiger partial charge is 0.348 e. The summed E-state index contributed by atoms with van der Waals surface area (Å²) in [7, 11) is -1.33. The Kier molecular flexibility index (Phi) is 6.72. The standard InChI is InChI=1S/C16H17N3O6S3/c1-8-11(14(20)24-2)13(27-12(8)15(21)25-3)19-16(26)18-9-4-6-10(7-5-9)28(17,22)23/h4-7H,1-3H3,(H2,17,22,23)(H2,18,19,26). The minimum absolute atomic E-state index is 0.0403. The third kappa shape index (κ3) is 4.84. The van der Waals surface area contributed by atoms with Crippen LogP contribution in [0.2, 0.25) is 0 Å². The van der Waals surface area contributed by atoms with Crippen LogP contribution in [0.5, 0.6) is 0 Å². The third-order valence-corrected chi connectivity index (χ3v) is 5.90. The van der Waals surface area contributed by atoms with E-state index in [4.69, 9.17) is 26.8 Å². The van der Waals surface area contributed by atoms with Crippen molar-refractivity contribution in [2.75, 3.05) is 24.9 Å². The van der Waals surface area contributed by atoms with Gasteiger partial charge in [-0.1, -0.05) is 0 Å². The first-order valence-electron chi connectivity index (χ1n) is 7.59. The van der Waals surface area contributed by atoms with E-state index >= 15 is 0 Å². The summed E-state index contributed by atoms with van der Waals surface area (Å²) in [5, 5.41) is 11.2. The van der Waals surface area contributed by atoms with Crippen molar-refractivity contribution in [1.82, 2.24) is 0 Å². The molecule has 0 bridgehead atoms. The van der Waals surface area contributed by atoms with Crippen molar-refractivity contribution in [2.45, 2.75) is 11.8 Å². The van der Waals surface area contributed by atoms with Crippen LogP contribution in [0.25, 0.3) is 0 Å². The molecule has 9 nitrogen and oxygen atoms in total. The molecule has 0 spiro atoms. The molecule has 2 rings (SSSR count). The molecule has 0 saturated heterocycles. The average molecular weight is 444 g/mol. The molecule has 12 heteroatoms. The molecule has 1 aromatic carbocycles. The first-order chi connectivity index (χ1) is 13.1. The van der Waals surface area contributed by atoms with Gasteiger partial charge in [-0.2, -0.15) is 0 Å². The highest BCUT2D eigenvalue weighted by Gasteiger charge is 2.26. The average Bonchev–Trinajstić information content (AvgIpc) is 2.96. The number of methoxy groups -OCH3 is 2. The van der Waals surface area contributed by atoms with E-state index in [9.17, 15) is 18.0 Å². The molecule has 0 radical (unpaired) electrons. The lowest BCUT2D eigenvalue weighted by Gasteiger charge is -2.11. The lowest BCUT2D eigenvalue weighted by molar-refractivity contribution is 0.0601. The first kappa shape index (κ1) is 21.8. The maximum absolute atomic E-state index is 12.1. The van der Waals surface area contributed by atoms with E-state index in [2.05, 4.69) is 10.6 Å². The molecule has 1 aromatic heterocycles. The summed E-state index contributed by atoms with van der Waals surface area (Å²) in [5.74, 6) is -1.22. The van der Waals surface area contributed by atoms with Crippen molar-refractivity contribution in [3.8, 4) is 0 Å². The van der Waals surface area contributed by atoms with Gasteiger partial charge in [0.2, 0.25) is 10.0 Å². The number of benzene rings is 1. The van der Waals surface area contributed by atoms with Crippen LogP contribution >= 0.6 is 23.6 Å². The molecule has 0 aliphatic carbocycles.